The normalized spacial score (nSPS) is 19.3. The van der Waals surface area contributed by atoms with Crippen molar-refractivity contribution in [3.8, 4) is 11.4 Å². The molecule has 0 saturated carbocycles. The van der Waals surface area contributed by atoms with Gasteiger partial charge in [0.25, 0.3) is 0 Å². The molecule has 1 aliphatic rings. The zero-order chi connectivity index (χ0) is 19.1. The third-order valence-electron chi connectivity index (χ3n) is 4.56. The van der Waals surface area contributed by atoms with Crippen LogP contribution in [0, 0.1) is 12.7 Å². The summed E-state index contributed by atoms with van der Waals surface area (Å²) >= 11 is 1.51. The molecule has 27 heavy (non-hydrogen) atoms. The summed E-state index contributed by atoms with van der Waals surface area (Å²) in [5.41, 5.74) is 3.21. The van der Waals surface area contributed by atoms with Gasteiger partial charge >= 0.3 is 0 Å². The predicted octanol–water partition coefficient (Wildman–Crippen LogP) is 4.19. The summed E-state index contributed by atoms with van der Waals surface area (Å²) in [6.07, 6.45) is 0. The summed E-state index contributed by atoms with van der Waals surface area (Å²) in [5, 5.41) is 17.0. The third-order valence-corrected chi connectivity index (χ3v) is 5.97. The number of carbonyl (C=O) groups is 1. The highest BCUT2D eigenvalue weighted by Gasteiger charge is 2.34. The molecular weight excluding hydrogens is 365 g/mol. The van der Waals surface area contributed by atoms with E-state index in [1.54, 1.807) is 35.0 Å². The van der Waals surface area contributed by atoms with Crippen LogP contribution in [-0.4, -0.2) is 26.0 Å². The van der Waals surface area contributed by atoms with E-state index in [0.29, 0.717) is 11.5 Å². The van der Waals surface area contributed by atoms with Crippen LogP contribution in [0.15, 0.2) is 48.5 Å². The lowest BCUT2D eigenvalue weighted by molar-refractivity contribution is -0.115. The Balaban J connectivity index is 1.91. The standard InChI is InChI=1S/C20H18FN3O2S/c1-11-17-18(13-4-3-5-16(25)10-13)27-12(2)20(26)22-19(17)24(23-11)15-8-6-14(21)7-9-15/h3-10,12,18,25H,1-2H3,(H,22,26)/t12-,18-/m0/s1. The van der Waals surface area contributed by atoms with Gasteiger partial charge in [0.15, 0.2) is 0 Å². The molecule has 0 radical (unpaired) electrons. The molecule has 3 aromatic rings. The van der Waals surface area contributed by atoms with E-state index in [1.165, 1.54) is 23.9 Å². The molecule has 1 aliphatic heterocycles. The highest BCUT2D eigenvalue weighted by molar-refractivity contribution is 8.01. The number of hydrogen-bond donors (Lipinski definition) is 2. The predicted molar refractivity (Wildman–Crippen MR) is 104 cm³/mol. The topological polar surface area (TPSA) is 67.1 Å². The number of nitrogens with zero attached hydrogens (tertiary/aromatic N) is 2. The molecule has 0 bridgehead atoms. The Hall–Kier alpha value is -2.80. The number of aryl methyl sites for hydroxylation is 1. The first kappa shape index (κ1) is 17.6. The summed E-state index contributed by atoms with van der Waals surface area (Å²) in [5.74, 6) is 0.301. The fraction of sp³-hybridized carbons (Fsp3) is 0.200. The van der Waals surface area contributed by atoms with E-state index in [2.05, 4.69) is 10.4 Å². The Kier molecular flexibility index (Phi) is 4.39. The number of anilines is 1. The molecule has 5 nitrogen and oxygen atoms in total. The quantitative estimate of drug-likeness (QED) is 0.696. The monoisotopic (exact) mass is 383 g/mol. The van der Waals surface area contributed by atoms with Crippen molar-refractivity contribution in [3.63, 3.8) is 0 Å². The number of rotatable bonds is 2. The van der Waals surface area contributed by atoms with Crippen molar-refractivity contribution in [1.82, 2.24) is 9.78 Å². The average molecular weight is 383 g/mol. The molecule has 1 aromatic heterocycles. The maximum atomic E-state index is 13.3. The van der Waals surface area contributed by atoms with E-state index >= 15 is 0 Å². The summed E-state index contributed by atoms with van der Waals surface area (Å²) in [6.45, 7) is 3.74. The molecule has 2 aromatic carbocycles. The van der Waals surface area contributed by atoms with Crippen molar-refractivity contribution in [3.05, 3.63) is 71.2 Å². The van der Waals surface area contributed by atoms with Gasteiger partial charge in [0, 0.05) is 5.56 Å². The van der Waals surface area contributed by atoms with Crippen molar-refractivity contribution in [2.45, 2.75) is 24.3 Å². The number of nitrogens with one attached hydrogen (secondary N) is 1. The Bertz CT molecular complexity index is 1020. The van der Waals surface area contributed by atoms with Crippen LogP contribution < -0.4 is 5.32 Å². The Morgan fingerprint density at radius 2 is 1.96 bits per heavy atom. The number of benzene rings is 2. The van der Waals surface area contributed by atoms with Gasteiger partial charge in [-0.1, -0.05) is 12.1 Å². The Morgan fingerprint density at radius 3 is 2.67 bits per heavy atom. The number of hydrogen-bond acceptors (Lipinski definition) is 4. The Morgan fingerprint density at radius 1 is 1.22 bits per heavy atom. The first-order valence-electron chi connectivity index (χ1n) is 8.55. The number of amides is 1. The third kappa shape index (κ3) is 3.19. The van der Waals surface area contributed by atoms with Crippen molar-refractivity contribution >= 4 is 23.5 Å². The number of aromatic nitrogens is 2. The van der Waals surface area contributed by atoms with Gasteiger partial charge in [0.05, 0.1) is 21.9 Å². The van der Waals surface area contributed by atoms with Gasteiger partial charge in [-0.15, -0.1) is 11.8 Å². The zero-order valence-electron chi connectivity index (χ0n) is 14.8. The molecule has 0 unspecified atom stereocenters. The van der Waals surface area contributed by atoms with Crippen LogP contribution in [0.5, 0.6) is 5.75 Å². The second-order valence-electron chi connectivity index (χ2n) is 6.48. The minimum Gasteiger partial charge on any atom is -0.508 e. The largest absolute Gasteiger partial charge is 0.508 e. The molecular formula is C20H18FN3O2S. The lowest BCUT2D eigenvalue weighted by Crippen LogP contribution is -2.22. The molecule has 2 N–H and O–H groups in total. The number of aromatic hydroxyl groups is 1. The fourth-order valence-corrected chi connectivity index (χ4v) is 4.54. The van der Waals surface area contributed by atoms with Crippen LogP contribution in [-0.2, 0) is 4.79 Å². The van der Waals surface area contributed by atoms with E-state index in [0.717, 1.165) is 16.8 Å². The zero-order valence-corrected chi connectivity index (χ0v) is 15.6. The van der Waals surface area contributed by atoms with E-state index in [1.807, 2.05) is 19.9 Å². The minimum absolute atomic E-state index is 0.118. The van der Waals surface area contributed by atoms with Gasteiger partial charge in [-0.3, -0.25) is 4.79 Å². The van der Waals surface area contributed by atoms with E-state index in [9.17, 15) is 14.3 Å². The summed E-state index contributed by atoms with van der Waals surface area (Å²) in [4.78, 5) is 12.6. The second-order valence-corrected chi connectivity index (χ2v) is 7.93. The van der Waals surface area contributed by atoms with Crippen LogP contribution in [0.3, 0.4) is 0 Å². The van der Waals surface area contributed by atoms with Crippen molar-refractivity contribution < 1.29 is 14.3 Å². The summed E-state index contributed by atoms with van der Waals surface area (Å²) in [6, 6.07) is 13.0. The number of phenolic OH excluding ortho intramolecular Hbond substituents is 1. The highest BCUT2D eigenvalue weighted by atomic mass is 32.2. The maximum Gasteiger partial charge on any atom is 0.238 e. The molecule has 2 atom stereocenters. The molecule has 0 spiro atoms. The van der Waals surface area contributed by atoms with Crippen LogP contribution in [0.1, 0.15) is 29.0 Å². The lowest BCUT2D eigenvalue weighted by Gasteiger charge is -2.17. The molecule has 2 heterocycles. The van der Waals surface area contributed by atoms with Crippen LogP contribution >= 0.6 is 11.8 Å². The van der Waals surface area contributed by atoms with Crippen molar-refractivity contribution in [1.29, 1.82) is 0 Å². The van der Waals surface area contributed by atoms with Gasteiger partial charge in [-0.25, -0.2) is 9.07 Å². The van der Waals surface area contributed by atoms with Gasteiger partial charge in [-0.05, 0) is 55.8 Å². The first-order chi connectivity index (χ1) is 12.9. The first-order valence-corrected chi connectivity index (χ1v) is 9.49. The lowest BCUT2D eigenvalue weighted by atomic mass is 10.0. The van der Waals surface area contributed by atoms with Crippen LogP contribution in [0.4, 0.5) is 10.2 Å². The SMILES string of the molecule is Cc1nn(-c2ccc(F)cc2)c2c1[C@H](c1cccc(O)c1)S[C@@H](C)C(=O)N2. The smallest absolute Gasteiger partial charge is 0.238 e. The van der Waals surface area contributed by atoms with Gasteiger partial charge in [0.2, 0.25) is 5.91 Å². The van der Waals surface area contributed by atoms with Crippen molar-refractivity contribution in [2.75, 3.05) is 5.32 Å². The number of carbonyl (C=O) groups excluding carboxylic acids is 1. The fourth-order valence-electron chi connectivity index (χ4n) is 3.23. The molecule has 4 rings (SSSR count). The number of halogens is 1. The molecule has 0 aliphatic carbocycles. The van der Waals surface area contributed by atoms with Crippen LogP contribution in [0.2, 0.25) is 0 Å². The maximum absolute atomic E-state index is 13.3. The van der Waals surface area contributed by atoms with E-state index in [-0.39, 0.29) is 28.0 Å². The van der Waals surface area contributed by atoms with E-state index < -0.39 is 0 Å². The summed E-state index contributed by atoms with van der Waals surface area (Å²) < 4.78 is 15.0. The molecule has 0 fully saturated rings. The molecule has 0 saturated heterocycles. The van der Waals surface area contributed by atoms with Crippen LogP contribution in [0.25, 0.3) is 5.69 Å². The average Bonchev–Trinajstić information content (AvgIpc) is 2.88. The molecule has 138 valence electrons. The number of fused-ring (bicyclic) bond motifs is 1. The van der Waals surface area contributed by atoms with Gasteiger partial charge in [-0.2, -0.15) is 5.10 Å². The minimum atomic E-state index is -0.334. The Labute approximate surface area is 160 Å². The highest BCUT2D eigenvalue weighted by Crippen LogP contribution is 2.46. The van der Waals surface area contributed by atoms with Gasteiger partial charge < -0.3 is 10.4 Å². The van der Waals surface area contributed by atoms with Crippen molar-refractivity contribution in [2.24, 2.45) is 0 Å². The second kappa shape index (κ2) is 6.74. The summed E-state index contributed by atoms with van der Waals surface area (Å²) in [7, 11) is 0. The number of thioether (sulfide) groups is 1. The molecule has 7 heteroatoms. The molecule has 1 amide bonds. The van der Waals surface area contributed by atoms with Gasteiger partial charge in [0.1, 0.15) is 17.4 Å². The number of phenols is 1. The van der Waals surface area contributed by atoms with E-state index in [4.69, 9.17) is 0 Å².